The average Bonchev–Trinajstić information content (AvgIpc) is 2.43. The second-order valence-corrected chi connectivity index (χ2v) is 4.84. The molecule has 0 amide bonds. The minimum atomic E-state index is -1.49. The first-order valence-corrected chi connectivity index (χ1v) is 7.22. The Balaban J connectivity index is 5.17. The van der Waals surface area contributed by atoms with Gasteiger partial charge in [0.2, 0.25) is 0 Å². The van der Waals surface area contributed by atoms with E-state index in [1.165, 1.54) is 6.92 Å². The van der Waals surface area contributed by atoms with Crippen LogP contribution in [0.2, 0.25) is 0 Å². The fourth-order valence-electron chi connectivity index (χ4n) is 2.03. The molecule has 2 atom stereocenters. The zero-order chi connectivity index (χ0) is 15.6. The van der Waals surface area contributed by atoms with E-state index in [9.17, 15) is 14.9 Å². The summed E-state index contributed by atoms with van der Waals surface area (Å²) in [5, 5.41) is 9.37. The van der Waals surface area contributed by atoms with Crippen molar-refractivity contribution in [2.75, 3.05) is 13.2 Å². The van der Waals surface area contributed by atoms with Crippen LogP contribution in [0.1, 0.15) is 53.4 Å². The zero-order valence-electron chi connectivity index (χ0n) is 12.9. The number of unbranched alkanes of at least 4 members (excludes halogenated alkanes) is 2. The van der Waals surface area contributed by atoms with Crippen LogP contribution in [0.25, 0.3) is 0 Å². The van der Waals surface area contributed by atoms with Gasteiger partial charge in [-0.2, -0.15) is 5.26 Å². The summed E-state index contributed by atoms with van der Waals surface area (Å²) in [5.41, 5.74) is -1.49. The second kappa shape index (κ2) is 9.35. The third-order valence-electron chi connectivity index (χ3n) is 3.30. The number of carbonyl (C=O) groups excluding carboxylic acids is 2. The average molecular weight is 283 g/mol. The highest BCUT2D eigenvalue weighted by molar-refractivity contribution is 5.87. The number of nitrogens with zero attached hydrogens (tertiary/aromatic N) is 1. The summed E-state index contributed by atoms with van der Waals surface area (Å²) in [5.74, 6) is -1.93. The van der Waals surface area contributed by atoms with Crippen LogP contribution < -0.4 is 0 Å². The molecule has 0 N–H and O–H groups in total. The molecular formula is C15H25NO4. The summed E-state index contributed by atoms with van der Waals surface area (Å²) in [7, 11) is 0. The molecule has 0 aliphatic heterocycles. The lowest BCUT2D eigenvalue weighted by atomic mass is 9.75. The topological polar surface area (TPSA) is 76.4 Å². The van der Waals surface area contributed by atoms with Crippen LogP contribution in [0.4, 0.5) is 0 Å². The van der Waals surface area contributed by atoms with E-state index >= 15 is 0 Å². The molecule has 0 heterocycles. The lowest BCUT2D eigenvalue weighted by molar-refractivity contribution is -0.164. The Morgan fingerprint density at radius 3 is 2.20 bits per heavy atom. The molecule has 0 spiro atoms. The van der Waals surface area contributed by atoms with Crippen LogP contribution in [0.15, 0.2) is 0 Å². The number of carbonyl (C=O) groups is 2. The minimum Gasteiger partial charge on any atom is -0.466 e. The van der Waals surface area contributed by atoms with Crippen molar-refractivity contribution in [1.82, 2.24) is 0 Å². The molecule has 2 unspecified atom stereocenters. The predicted octanol–water partition coefficient (Wildman–Crippen LogP) is 2.84. The summed E-state index contributed by atoms with van der Waals surface area (Å²) in [4.78, 5) is 24.1. The van der Waals surface area contributed by atoms with Crippen LogP contribution in [-0.2, 0) is 19.1 Å². The largest absolute Gasteiger partial charge is 0.466 e. The molecule has 0 aliphatic rings. The SMILES string of the molecule is CCCCCC(C(=O)OCC)C(C)(C#N)C(=O)OCC. The van der Waals surface area contributed by atoms with E-state index in [1.54, 1.807) is 13.8 Å². The van der Waals surface area contributed by atoms with E-state index in [0.29, 0.717) is 6.42 Å². The first-order valence-electron chi connectivity index (χ1n) is 7.22. The van der Waals surface area contributed by atoms with Crippen LogP contribution >= 0.6 is 0 Å². The fraction of sp³-hybridized carbons (Fsp3) is 0.800. The fourth-order valence-corrected chi connectivity index (χ4v) is 2.03. The second-order valence-electron chi connectivity index (χ2n) is 4.84. The summed E-state index contributed by atoms with van der Waals surface area (Å²) in [6, 6.07) is 1.95. The third kappa shape index (κ3) is 4.84. The molecular weight excluding hydrogens is 258 g/mol. The van der Waals surface area contributed by atoms with Crippen molar-refractivity contribution in [2.45, 2.75) is 53.4 Å². The zero-order valence-corrected chi connectivity index (χ0v) is 12.9. The Morgan fingerprint density at radius 1 is 1.15 bits per heavy atom. The summed E-state index contributed by atoms with van der Waals surface area (Å²) >= 11 is 0. The molecule has 0 aromatic rings. The van der Waals surface area contributed by atoms with Crippen molar-refractivity contribution < 1.29 is 19.1 Å². The molecule has 0 radical (unpaired) electrons. The van der Waals surface area contributed by atoms with E-state index in [4.69, 9.17) is 9.47 Å². The Kier molecular flexibility index (Phi) is 8.62. The highest BCUT2D eigenvalue weighted by atomic mass is 16.5. The molecule has 5 heteroatoms. The smallest absolute Gasteiger partial charge is 0.327 e. The van der Waals surface area contributed by atoms with Crippen molar-refractivity contribution in [3.63, 3.8) is 0 Å². The lowest BCUT2D eigenvalue weighted by Gasteiger charge is -2.27. The lowest BCUT2D eigenvalue weighted by Crippen LogP contribution is -2.41. The number of nitriles is 1. The number of ether oxygens (including phenoxy) is 2. The number of rotatable bonds is 9. The molecule has 0 fully saturated rings. The summed E-state index contributed by atoms with van der Waals surface area (Å²) in [6.45, 7) is 7.29. The first-order chi connectivity index (χ1) is 9.47. The van der Waals surface area contributed by atoms with Gasteiger partial charge in [0.25, 0.3) is 0 Å². The predicted molar refractivity (Wildman–Crippen MR) is 74.6 cm³/mol. The van der Waals surface area contributed by atoms with Crippen molar-refractivity contribution in [3.8, 4) is 6.07 Å². The maximum Gasteiger partial charge on any atom is 0.327 e. The Hall–Kier alpha value is -1.57. The molecule has 0 rings (SSSR count). The quantitative estimate of drug-likeness (QED) is 0.480. The van der Waals surface area contributed by atoms with Gasteiger partial charge in [0.15, 0.2) is 5.41 Å². The molecule has 114 valence electrons. The van der Waals surface area contributed by atoms with Crippen LogP contribution in [0.5, 0.6) is 0 Å². The van der Waals surface area contributed by atoms with Gasteiger partial charge in [-0.1, -0.05) is 26.2 Å². The maximum atomic E-state index is 12.1. The highest BCUT2D eigenvalue weighted by Gasteiger charge is 2.47. The van der Waals surface area contributed by atoms with Gasteiger partial charge >= 0.3 is 11.9 Å². The van der Waals surface area contributed by atoms with E-state index in [1.807, 2.05) is 13.0 Å². The van der Waals surface area contributed by atoms with E-state index < -0.39 is 23.3 Å². The van der Waals surface area contributed by atoms with Gasteiger partial charge in [-0.15, -0.1) is 0 Å². The first kappa shape index (κ1) is 18.4. The number of hydrogen-bond donors (Lipinski definition) is 0. The molecule has 0 aromatic carbocycles. The van der Waals surface area contributed by atoms with E-state index in [0.717, 1.165) is 19.3 Å². The highest BCUT2D eigenvalue weighted by Crippen LogP contribution is 2.33. The Labute approximate surface area is 121 Å². The van der Waals surface area contributed by atoms with E-state index in [-0.39, 0.29) is 13.2 Å². The minimum absolute atomic E-state index is 0.181. The van der Waals surface area contributed by atoms with Crippen molar-refractivity contribution in [3.05, 3.63) is 0 Å². The number of esters is 2. The standard InChI is InChI=1S/C15H25NO4/c1-5-8-9-10-12(13(17)19-6-2)15(4,11-16)14(18)20-7-3/h12H,5-10H2,1-4H3. The van der Waals surface area contributed by atoms with Gasteiger partial charge in [-0.3, -0.25) is 9.59 Å². The number of hydrogen-bond acceptors (Lipinski definition) is 5. The van der Waals surface area contributed by atoms with Gasteiger partial charge in [-0.05, 0) is 27.2 Å². The van der Waals surface area contributed by atoms with Gasteiger partial charge < -0.3 is 9.47 Å². The monoisotopic (exact) mass is 283 g/mol. The van der Waals surface area contributed by atoms with Crippen LogP contribution in [-0.4, -0.2) is 25.2 Å². The van der Waals surface area contributed by atoms with Crippen LogP contribution in [0.3, 0.4) is 0 Å². The third-order valence-corrected chi connectivity index (χ3v) is 3.30. The Morgan fingerprint density at radius 2 is 1.75 bits per heavy atom. The van der Waals surface area contributed by atoms with Crippen LogP contribution in [0, 0.1) is 22.7 Å². The molecule has 5 nitrogen and oxygen atoms in total. The molecule has 0 saturated carbocycles. The van der Waals surface area contributed by atoms with Gasteiger partial charge in [0, 0.05) is 0 Å². The Bertz CT molecular complexity index is 361. The molecule has 0 saturated heterocycles. The summed E-state index contributed by atoms with van der Waals surface area (Å²) in [6.07, 6.45) is 3.17. The molecule has 0 bridgehead atoms. The van der Waals surface area contributed by atoms with Crippen molar-refractivity contribution in [1.29, 1.82) is 5.26 Å². The molecule has 0 aromatic heterocycles. The van der Waals surface area contributed by atoms with Gasteiger partial charge in [-0.25, -0.2) is 0 Å². The molecule has 0 aliphatic carbocycles. The maximum absolute atomic E-state index is 12.1. The molecule has 20 heavy (non-hydrogen) atoms. The normalized spacial score (nSPS) is 14.8. The van der Waals surface area contributed by atoms with Gasteiger partial charge in [0.1, 0.15) is 0 Å². The van der Waals surface area contributed by atoms with Gasteiger partial charge in [0.05, 0.1) is 25.2 Å². The summed E-state index contributed by atoms with van der Waals surface area (Å²) < 4.78 is 9.96. The van der Waals surface area contributed by atoms with Crippen molar-refractivity contribution >= 4 is 11.9 Å². The van der Waals surface area contributed by atoms with Crippen molar-refractivity contribution in [2.24, 2.45) is 11.3 Å². The van der Waals surface area contributed by atoms with E-state index in [2.05, 4.69) is 0 Å².